The van der Waals surface area contributed by atoms with Gasteiger partial charge in [0, 0.05) is 36.1 Å². The Labute approximate surface area is 123 Å². The maximum absolute atomic E-state index is 12.3. The van der Waals surface area contributed by atoms with Crippen LogP contribution in [0.15, 0.2) is 29.2 Å². The first kappa shape index (κ1) is 15.0. The van der Waals surface area contributed by atoms with E-state index in [2.05, 4.69) is 10.0 Å². The highest BCUT2D eigenvalue weighted by Crippen LogP contribution is 2.24. The maximum Gasteiger partial charge on any atom is 0.242 e. The van der Waals surface area contributed by atoms with Crippen molar-refractivity contribution in [2.45, 2.75) is 10.1 Å². The molecule has 1 unspecified atom stereocenters. The molecule has 1 saturated heterocycles. The molecule has 1 atom stereocenters. The van der Waals surface area contributed by atoms with E-state index in [4.69, 9.17) is 0 Å². The quantitative estimate of drug-likeness (QED) is 0.868. The predicted molar refractivity (Wildman–Crippen MR) is 84.7 cm³/mol. The number of anilines is 1. The number of hydrogen-bond donors (Lipinski definition) is 2. The Morgan fingerprint density at radius 2 is 2.11 bits per heavy atom. The molecule has 0 spiro atoms. The summed E-state index contributed by atoms with van der Waals surface area (Å²) in [7, 11) is -1.71. The maximum atomic E-state index is 12.3. The Balaban J connectivity index is 2.05. The molecule has 0 saturated carbocycles. The van der Waals surface area contributed by atoms with Crippen LogP contribution >= 0.6 is 23.5 Å². The van der Waals surface area contributed by atoms with E-state index >= 15 is 0 Å². The third-order valence-corrected chi connectivity index (χ3v) is 7.16. The third-order valence-electron chi connectivity index (χ3n) is 2.83. The van der Waals surface area contributed by atoms with Crippen molar-refractivity contribution in [1.82, 2.24) is 4.72 Å². The van der Waals surface area contributed by atoms with Crippen LogP contribution in [-0.4, -0.2) is 44.5 Å². The summed E-state index contributed by atoms with van der Waals surface area (Å²) in [5.41, 5.74) is 0.626. The summed E-state index contributed by atoms with van der Waals surface area (Å²) in [6, 6.07) is 6.94. The van der Waals surface area contributed by atoms with E-state index in [0.717, 1.165) is 17.3 Å². The molecular weight excluding hydrogens is 300 g/mol. The first-order valence-electron chi connectivity index (χ1n) is 6.09. The zero-order chi connectivity index (χ0) is 13.7. The molecule has 7 heteroatoms. The van der Waals surface area contributed by atoms with Crippen molar-refractivity contribution in [3.8, 4) is 0 Å². The lowest BCUT2D eigenvalue weighted by Crippen LogP contribution is -2.33. The fraction of sp³-hybridized carbons (Fsp3) is 0.500. The lowest BCUT2D eigenvalue weighted by molar-refractivity contribution is 0.582. The molecule has 0 aromatic heterocycles. The lowest BCUT2D eigenvalue weighted by atomic mass is 10.3. The second-order valence-corrected chi connectivity index (χ2v) is 8.46. The number of hydrogen-bond acceptors (Lipinski definition) is 5. The van der Waals surface area contributed by atoms with Crippen LogP contribution in [0.25, 0.3) is 0 Å². The molecule has 1 aliphatic rings. The Morgan fingerprint density at radius 3 is 2.79 bits per heavy atom. The van der Waals surface area contributed by atoms with Crippen molar-refractivity contribution in [3.63, 3.8) is 0 Å². The predicted octanol–water partition coefficient (Wildman–Crippen LogP) is 1.86. The lowest BCUT2D eigenvalue weighted by Gasteiger charge is -2.21. The van der Waals surface area contributed by atoms with Gasteiger partial charge in [0.25, 0.3) is 0 Å². The van der Waals surface area contributed by atoms with E-state index in [1.165, 1.54) is 0 Å². The fourth-order valence-corrected chi connectivity index (χ4v) is 5.85. The summed E-state index contributed by atoms with van der Waals surface area (Å²) in [5.74, 6) is 3.28. The number of thioether (sulfide) groups is 2. The molecule has 0 bridgehead atoms. The average Bonchev–Trinajstić information content (AvgIpc) is 2.46. The molecule has 1 aromatic rings. The van der Waals surface area contributed by atoms with Gasteiger partial charge < -0.3 is 5.32 Å². The Hall–Kier alpha value is -0.370. The highest BCUT2D eigenvalue weighted by atomic mass is 32.2. The summed E-state index contributed by atoms with van der Waals surface area (Å²) >= 11 is 3.73. The van der Waals surface area contributed by atoms with Crippen LogP contribution in [0.4, 0.5) is 5.69 Å². The van der Waals surface area contributed by atoms with Crippen LogP contribution in [0.3, 0.4) is 0 Å². The zero-order valence-electron chi connectivity index (χ0n) is 10.8. The molecule has 1 fully saturated rings. The highest BCUT2D eigenvalue weighted by molar-refractivity contribution is 8.06. The van der Waals surface area contributed by atoms with Crippen LogP contribution in [0, 0.1) is 0 Å². The summed E-state index contributed by atoms with van der Waals surface area (Å²) < 4.78 is 27.3. The summed E-state index contributed by atoms with van der Waals surface area (Å²) in [6.45, 7) is 0.498. The van der Waals surface area contributed by atoms with Gasteiger partial charge in [-0.05, 0) is 12.1 Å². The second-order valence-electron chi connectivity index (χ2n) is 4.17. The van der Waals surface area contributed by atoms with Crippen molar-refractivity contribution in [2.75, 3.05) is 36.2 Å². The number of rotatable bonds is 5. The van der Waals surface area contributed by atoms with Gasteiger partial charge in [-0.3, -0.25) is 0 Å². The molecule has 2 N–H and O–H groups in total. The van der Waals surface area contributed by atoms with E-state index in [9.17, 15) is 8.42 Å². The number of nitrogens with one attached hydrogen (secondary N) is 2. The fourth-order valence-electron chi connectivity index (χ4n) is 1.84. The van der Waals surface area contributed by atoms with Gasteiger partial charge in [0.1, 0.15) is 4.90 Å². The molecule has 1 heterocycles. The van der Waals surface area contributed by atoms with Gasteiger partial charge in [-0.15, -0.1) is 0 Å². The van der Waals surface area contributed by atoms with E-state index in [-0.39, 0.29) is 0 Å². The van der Waals surface area contributed by atoms with Gasteiger partial charge in [-0.25, -0.2) is 13.1 Å². The van der Waals surface area contributed by atoms with Crippen molar-refractivity contribution < 1.29 is 8.42 Å². The van der Waals surface area contributed by atoms with Gasteiger partial charge in [-0.1, -0.05) is 12.1 Å². The van der Waals surface area contributed by atoms with Crippen molar-refractivity contribution in [1.29, 1.82) is 0 Å². The monoisotopic (exact) mass is 318 g/mol. The van der Waals surface area contributed by atoms with Gasteiger partial charge in [-0.2, -0.15) is 23.5 Å². The Bertz CT molecular complexity index is 513. The Morgan fingerprint density at radius 1 is 1.32 bits per heavy atom. The molecule has 0 amide bonds. The number of para-hydroxylation sites is 1. The van der Waals surface area contributed by atoms with E-state index in [1.54, 1.807) is 25.2 Å². The zero-order valence-corrected chi connectivity index (χ0v) is 13.2. The topological polar surface area (TPSA) is 58.2 Å². The van der Waals surface area contributed by atoms with Crippen molar-refractivity contribution in [3.05, 3.63) is 24.3 Å². The van der Waals surface area contributed by atoms with Gasteiger partial charge >= 0.3 is 0 Å². The van der Waals surface area contributed by atoms with Gasteiger partial charge in [0.15, 0.2) is 0 Å². The standard InChI is InChI=1S/C12H18N2O2S3/c1-13-11-4-2-3-5-12(11)19(15,16)14-8-10-9-17-6-7-18-10/h2-5,10,13-14H,6-9H2,1H3. The van der Waals surface area contributed by atoms with Crippen LogP contribution in [0.1, 0.15) is 0 Å². The van der Waals surface area contributed by atoms with E-state index < -0.39 is 10.0 Å². The number of benzene rings is 1. The second kappa shape index (κ2) is 6.88. The average molecular weight is 318 g/mol. The largest absolute Gasteiger partial charge is 0.387 e. The molecule has 0 aliphatic carbocycles. The van der Waals surface area contributed by atoms with Crippen LogP contribution in [-0.2, 0) is 10.0 Å². The molecule has 1 aromatic carbocycles. The normalized spacial score (nSPS) is 20.2. The summed E-state index contributed by atoms with van der Waals surface area (Å²) in [4.78, 5) is 0.311. The number of sulfonamides is 1. The first-order chi connectivity index (χ1) is 9.13. The Kier molecular flexibility index (Phi) is 5.44. The first-order valence-corrected chi connectivity index (χ1v) is 9.78. The van der Waals surface area contributed by atoms with Crippen LogP contribution in [0.2, 0.25) is 0 Å². The minimum absolute atomic E-state index is 0.311. The van der Waals surface area contributed by atoms with Gasteiger partial charge in [0.05, 0.1) is 5.69 Å². The van der Waals surface area contributed by atoms with E-state index in [1.807, 2.05) is 29.6 Å². The van der Waals surface area contributed by atoms with Crippen LogP contribution < -0.4 is 10.0 Å². The molecule has 2 rings (SSSR count). The molecule has 0 radical (unpaired) electrons. The SMILES string of the molecule is CNc1ccccc1S(=O)(=O)NCC1CSCCS1. The molecular formula is C12H18N2O2S3. The third kappa shape index (κ3) is 4.05. The molecule has 19 heavy (non-hydrogen) atoms. The molecule has 4 nitrogen and oxygen atoms in total. The summed E-state index contributed by atoms with van der Waals surface area (Å²) in [5, 5.41) is 3.28. The highest BCUT2D eigenvalue weighted by Gasteiger charge is 2.21. The molecule has 1 aliphatic heterocycles. The van der Waals surface area contributed by atoms with Crippen molar-refractivity contribution >= 4 is 39.2 Å². The van der Waals surface area contributed by atoms with E-state index in [0.29, 0.717) is 22.4 Å². The van der Waals surface area contributed by atoms with Crippen molar-refractivity contribution in [2.24, 2.45) is 0 Å². The van der Waals surface area contributed by atoms with Gasteiger partial charge in [0.2, 0.25) is 10.0 Å². The summed E-state index contributed by atoms with van der Waals surface area (Å²) in [6.07, 6.45) is 0. The van der Waals surface area contributed by atoms with Crippen LogP contribution in [0.5, 0.6) is 0 Å². The smallest absolute Gasteiger partial charge is 0.242 e. The minimum atomic E-state index is -3.44. The molecule has 106 valence electrons. The minimum Gasteiger partial charge on any atom is -0.387 e.